The molecule has 1 aromatic carbocycles. The van der Waals surface area contributed by atoms with Crippen LogP contribution in [-0.2, 0) is 13.0 Å². The first-order chi connectivity index (χ1) is 13.5. The summed E-state index contributed by atoms with van der Waals surface area (Å²) >= 11 is 1.42. The molecule has 0 radical (unpaired) electrons. The second-order valence-electron chi connectivity index (χ2n) is 6.85. The lowest BCUT2D eigenvalue weighted by Crippen LogP contribution is -2.15. The van der Waals surface area contributed by atoms with Crippen LogP contribution in [0.4, 0.5) is 5.95 Å². The van der Waals surface area contributed by atoms with Gasteiger partial charge in [-0.25, -0.2) is 15.0 Å². The number of aryl methyl sites for hydroxylation is 4. The van der Waals surface area contributed by atoms with E-state index in [2.05, 4.69) is 31.8 Å². The molecule has 0 unspecified atom stereocenters. The van der Waals surface area contributed by atoms with Crippen LogP contribution in [0.15, 0.2) is 24.3 Å². The van der Waals surface area contributed by atoms with E-state index in [1.165, 1.54) is 11.3 Å². The summed E-state index contributed by atoms with van der Waals surface area (Å²) in [7, 11) is 0. The van der Waals surface area contributed by atoms with Crippen LogP contribution in [0.3, 0.4) is 0 Å². The molecule has 28 heavy (non-hydrogen) atoms. The van der Waals surface area contributed by atoms with Gasteiger partial charge in [-0.05, 0) is 38.0 Å². The summed E-state index contributed by atoms with van der Waals surface area (Å²) in [5.74, 6) is 1.25. The third-order valence-corrected chi connectivity index (χ3v) is 6.05. The van der Waals surface area contributed by atoms with Gasteiger partial charge in [0.2, 0.25) is 5.95 Å². The number of imidazole rings is 1. The van der Waals surface area contributed by atoms with E-state index in [0.29, 0.717) is 10.8 Å². The smallest absolute Gasteiger partial charge is 0.268 e. The van der Waals surface area contributed by atoms with Gasteiger partial charge in [0.15, 0.2) is 0 Å². The first-order valence-corrected chi connectivity index (χ1v) is 10.4. The van der Waals surface area contributed by atoms with E-state index < -0.39 is 0 Å². The van der Waals surface area contributed by atoms with Crippen LogP contribution >= 0.6 is 11.3 Å². The standard InChI is InChI=1S/C21H23N5OS/c1-5-11-26-15-10-8-7-9-14(15)23-21(26)25-19(27)18-12(3)17-13(4)22-16(6-2)24-20(17)28-18/h7-10H,5-6,11H2,1-4H3,(H,23,25,27). The van der Waals surface area contributed by atoms with E-state index in [4.69, 9.17) is 0 Å². The van der Waals surface area contributed by atoms with Crippen molar-refractivity contribution >= 4 is 44.4 Å². The van der Waals surface area contributed by atoms with Gasteiger partial charge in [-0.3, -0.25) is 10.1 Å². The molecule has 0 saturated carbocycles. The maximum absolute atomic E-state index is 13.1. The maximum atomic E-state index is 13.1. The largest absolute Gasteiger partial charge is 0.310 e. The van der Waals surface area contributed by atoms with Crippen LogP contribution < -0.4 is 5.32 Å². The van der Waals surface area contributed by atoms with Crippen molar-refractivity contribution in [2.75, 3.05) is 5.32 Å². The van der Waals surface area contributed by atoms with Gasteiger partial charge in [-0.2, -0.15) is 0 Å². The number of carbonyl (C=O) groups excluding carboxylic acids is 1. The lowest BCUT2D eigenvalue weighted by molar-refractivity contribution is 0.102. The Morgan fingerprint density at radius 2 is 1.93 bits per heavy atom. The zero-order valence-corrected chi connectivity index (χ0v) is 17.4. The van der Waals surface area contributed by atoms with Gasteiger partial charge < -0.3 is 4.57 Å². The highest BCUT2D eigenvalue weighted by atomic mass is 32.1. The minimum absolute atomic E-state index is 0.148. The second kappa shape index (κ2) is 7.31. The van der Waals surface area contributed by atoms with Crippen molar-refractivity contribution in [2.24, 2.45) is 0 Å². The molecule has 0 aliphatic heterocycles. The number of aromatic nitrogens is 4. The van der Waals surface area contributed by atoms with Crippen molar-refractivity contribution in [3.05, 3.63) is 46.2 Å². The van der Waals surface area contributed by atoms with Crippen molar-refractivity contribution in [3.8, 4) is 0 Å². The van der Waals surface area contributed by atoms with Crippen molar-refractivity contribution in [2.45, 2.75) is 47.1 Å². The van der Waals surface area contributed by atoms with Crippen LogP contribution in [0.2, 0.25) is 0 Å². The minimum atomic E-state index is -0.148. The van der Waals surface area contributed by atoms with Crippen molar-refractivity contribution in [3.63, 3.8) is 0 Å². The van der Waals surface area contributed by atoms with Crippen LogP contribution in [0.1, 0.15) is 47.0 Å². The number of anilines is 1. The number of nitrogens with zero attached hydrogens (tertiary/aromatic N) is 4. The number of thiophene rings is 1. The highest BCUT2D eigenvalue weighted by Gasteiger charge is 2.21. The fourth-order valence-electron chi connectivity index (χ4n) is 3.55. The van der Waals surface area contributed by atoms with Gasteiger partial charge in [-0.1, -0.05) is 26.0 Å². The van der Waals surface area contributed by atoms with Crippen LogP contribution in [-0.4, -0.2) is 25.4 Å². The van der Waals surface area contributed by atoms with Gasteiger partial charge in [0.25, 0.3) is 5.91 Å². The lowest BCUT2D eigenvalue weighted by Gasteiger charge is -2.08. The highest BCUT2D eigenvalue weighted by molar-refractivity contribution is 7.20. The fourth-order valence-corrected chi connectivity index (χ4v) is 4.69. The predicted molar refractivity (Wildman–Crippen MR) is 114 cm³/mol. The van der Waals surface area contributed by atoms with Crippen LogP contribution in [0.5, 0.6) is 0 Å². The molecule has 0 fully saturated rings. The molecule has 1 N–H and O–H groups in total. The Bertz CT molecular complexity index is 1190. The number of amides is 1. The van der Waals surface area contributed by atoms with E-state index in [-0.39, 0.29) is 5.91 Å². The molecule has 0 aliphatic rings. The number of carbonyl (C=O) groups is 1. The molecule has 1 amide bonds. The number of benzene rings is 1. The lowest BCUT2D eigenvalue weighted by atomic mass is 10.1. The number of hydrogen-bond acceptors (Lipinski definition) is 5. The molecular formula is C21H23N5OS. The van der Waals surface area contributed by atoms with E-state index in [1.807, 2.05) is 45.0 Å². The van der Waals surface area contributed by atoms with Crippen molar-refractivity contribution in [1.82, 2.24) is 19.5 Å². The Kier molecular flexibility index (Phi) is 4.85. The summed E-state index contributed by atoms with van der Waals surface area (Å²) in [5, 5.41) is 4.01. The molecule has 144 valence electrons. The van der Waals surface area contributed by atoms with Gasteiger partial charge in [-0.15, -0.1) is 11.3 Å². The Hall–Kier alpha value is -2.80. The average Bonchev–Trinajstić information content (AvgIpc) is 3.20. The quantitative estimate of drug-likeness (QED) is 0.524. The van der Waals surface area contributed by atoms with E-state index in [1.54, 1.807) is 0 Å². The predicted octanol–water partition coefficient (Wildman–Crippen LogP) is 4.88. The van der Waals surface area contributed by atoms with Crippen molar-refractivity contribution < 1.29 is 4.79 Å². The fraction of sp³-hybridized carbons (Fsp3) is 0.333. The summed E-state index contributed by atoms with van der Waals surface area (Å²) < 4.78 is 2.07. The average molecular weight is 394 g/mol. The molecule has 0 spiro atoms. The third kappa shape index (κ3) is 3.05. The van der Waals surface area contributed by atoms with Gasteiger partial charge in [0.05, 0.1) is 15.9 Å². The Balaban J connectivity index is 1.75. The minimum Gasteiger partial charge on any atom is -0.310 e. The topological polar surface area (TPSA) is 72.7 Å². The normalized spacial score (nSPS) is 11.4. The molecule has 0 saturated heterocycles. The molecule has 6 nitrogen and oxygen atoms in total. The van der Waals surface area contributed by atoms with E-state index in [0.717, 1.165) is 57.7 Å². The molecule has 4 aromatic rings. The van der Waals surface area contributed by atoms with Crippen LogP contribution in [0, 0.1) is 13.8 Å². The Morgan fingerprint density at radius 1 is 1.14 bits per heavy atom. The number of nitrogens with one attached hydrogen (secondary N) is 1. The van der Waals surface area contributed by atoms with Crippen LogP contribution in [0.25, 0.3) is 21.3 Å². The SMILES string of the molecule is CCCn1c(NC(=O)c2sc3nc(CC)nc(C)c3c2C)nc2ccccc21. The maximum Gasteiger partial charge on any atom is 0.268 e. The zero-order valence-electron chi connectivity index (χ0n) is 16.5. The van der Waals surface area contributed by atoms with Gasteiger partial charge in [0.1, 0.15) is 10.7 Å². The number of para-hydroxylation sites is 2. The number of rotatable bonds is 5. The first kappa shape index (κ1) is 18.6. The highest BCUT2D eigenvalue weighted by Crippen LogP contribution is 2.32. The van der Waals surface area contributed by atoms with Gasteiger partial charge in [0, 0.05) is 24.0 Å². The molecule has 3 heterocycles. The monoisotopic (exact) mass is 393 g/mol. The summed E-state index contributed by atoms with van der Waals surface area (Å²) in [5.41, 5.74) is 3.76. The summed E-state index contributed by atoms with van der Waals surface area (Å²) in [6.07, 6.45) is 1.73. The Labute approximate surface area is 167 Å². The molecule has 3 aromatic heterocycles. The number of hydrogen-bond donors (Lipinski definition) is 1. The summed E-state index contributed by atoms with van der Waals surface area (Å²) in [4.78, 5) is 28.4. The van der Waals surface area contributed by atoms with E-state index >= 15 is 0 Å². The molecule has 0 atom stereocenters. The van der Waals surface area contributed by atoms with E-state index in [9.17, 15) is 4.79 Å². The molecule has 0 bridgehead atoms. The van der Waals surface area contributed by atoms with Crippen molar-refractivity contribution in [1.29, 1.82) is 0 Å². The summed E-state index contributed by atoms with van der Waals surface area (Å²) in [6.45, 7) is 8.89. The Morgan fingerprint density at radius 3 is 2.68 bits per heavy atom. The summed E-state index contributed by atoms with van der Waals surface area (Å²) in [6, 6.07) is 7.95. The molecule has 7 heteroatoms. The first-order valence-electron chi connectivity index (χ1n) is 9.56. The molecular weight excluding hydrogens is 370 g/mol. The molecule has 0 aliphatic carbocycles. The third-order valence-electron chi connectivity index (χ3n) is 4.87. The molecule has 4 rings (SSSR count). The second-order valence-corrected chi connectivity index (χ2v) is 7.84. The van der Waals surface area contributed by atoms with Gasteiger partial charge >= 0.3 is 0 Å². The number of fused-ring (bicyclic) bond motifs is 2. The zero-order chi connectivity index (χ0) is 19.8.